The second-order valence-electron chi connectivity index (χ2n) is 6.45. The number of hydrogen-bond donors (Lipinski definition) is 3. The number of carbonyl (C=O) groups is 1. The molecule has 0 saturated heterocycles. The number of hydrogen-bond acceptors (Lipinski definition) is 4. The van der Waals surface area contributed by atoms with Gasteiger partial charge in [-0.1, -0.05) is 6.07 Å². The van der Waals surface area contributed by atoms with Gasteiger partial charge in [0, 0.05) is 35.2 Å². The number of carbonyl (C=O) groups excluding carboxylic acids is 1. The van der Waals surface area contributed by atoms with Crippen LogP contribution in [0.3, 0.4) is 0 Å². The van der Waals surface area contributed by atoms with Crippen LogP contribution in [-0.2, 0) is 10.0 Å². The van der Waals surface area contributed by atoms with E-state index in [1.807, 2.05) is 0 Å². The Hall–Kier alpha value is -3.39. The first-order valence-electron chi connectivity index (χ1n) is 8.61. The quantitative estimate of drug-likeness (QED) is 0.494. The van der Waals surface area contributed by atoms with E-state index in [4.69, 9.17) is 0 Å². The number of sulfonamides is 1. The lowest BCUT2D eigenvalue weighted by Crippen LogP contribution is -2.17. The second kappa shape index (κ2) is 6.65. The highest BCUT2D eigenvalue weighted by Crippen LogP contribution is 2.28. The fourth-order valence-electron chi connectivity index (χ4n) is 3.25. The summed E-state index contributed by atoms with van der Waals surface area (Å²) in [6, 6.07) is 13.8. The monoisotopic (exact) mass is 394 g/mol. The van der Waals surface area contributed by atoms with E-state index in [-0.39, 0.29) is 10.8 Å². The number of aromatic nitrogens is 2. The maximum atomic E-state index is 13.1. The lowest BCUT2D eigenvalue weighted by molar-refractivity contribution is 0.0959. The van der Waals surface area contributed by atoms with E-state index in [9.17, 15) is 13.2 Å². The number of amides is 1. The van der Waals surface area contributed by atoms with Crippen molar-refractivity contribution in [2.45, 2.75) is 11.8 Å². The van der Waals surface area contributed by atoms with Crippen molar-refractivity contribution in [3.8, 4) is 0 Å². The number of aromatic amines is 1. The first-order chi connectivity index (χ1) is 13.4. The average molecular weight is 394 g/mol. The normalized spacial score (nSPS) is 11.6. The van der Waals surface area contributed by atoms with Gasteiger partial charge in [-0.15, -0.1) is 0 Å². The molecule has 2 heterocycles. The molecule has 4 aromatic rings. The number of H-pyrrole nitrogens is 1. The molecular weight excluding hydrogens is 376 g/mol. The molecule has 0 spiro atoms. The van der Waals surface area contributed by atoms with Crippen LogP contribution in [0, 0.1) is 6.92 Å². The summed E-state index contributed by atoms with van der Waals surface area (Å²) in [6.07, 6.45) is 1.63. The highest BCUT2D eigenvalue weighted by Gasteiger charge is 2.21. The van der Waals surface area contributed by atoms with E-state index < -0.39 is 10.0 Å². The maximum absolute atomic E-state index is 13.1. The Kier molecular flexibility index (Phi) is 4.27. The molecule has 0 atom stereocenters. The molecule has 0 radical (unpaired) electrons. The van der Waals surface area contributed by atoms with Crippen LogP contribution in [0.15, 0.2) is 59.6 Å². The lowest BCUT2D eigenvalue weighted by atomic mass is 10.1. The van der Waals surface area contributed by atoms with Gasteiger partial charge in [0.2, 0.25) is 0 Å². The Morgan fingerprint density at radius 2 is 1.93 bits per heavy atom. The Balaban J connectivity index is 1.76. The molecule has 0 unspecified atom stereocenters. The lowest BCUT2D eigenvalue weighted by Gasteiger charge is -2.13. The van der Waals surface area contributed by atoms with Crippen LogP contribution in [0.2, 0.25) is 0 Å². The smallest absolute Gasteiger partial charge is 0.267 e. The predicted molar refractivity (Wildman–Crippen MR) is 109 cm³/mol. The largest absolute Gasteiger partial charge is 0.354 e. The van der Waals surface area contributed by atoms with Gasteiger partial charge in [-0.25, -0.2) is 8.42 Å². The molecule has 1 amide bonds. The van der Waals surface area contributed by atoms with Crippen molar-refractivity contribution < 1.29 is 13.2 Å². The Morgan fingerprint density at radius 1 is 1.11 bits per heavy atom. The van der Waals surface area contributed by atoms with Gasteiger partial charge >= 0.3 is 0 Å². The molecule has 142 valence electrons. The summed E-state index contributed by atoms with van der Waals surface area (Å²) in [5.74, 6) is -0.239. The minimum absolute atomic E-state index is 0.207. The van der Waals surface area contributed by atoms with E-state index in [1.54, 1.807) is 68.7 Å². The predicted octanol–water partition coefficient (Wildman–Crippen LogP) is 3.18. The molecule has 0 aliphatic rings. The molecule has 8 heteroatoms. The SMILES string of the molecule is CNC(=O)c1cc2cc(NS(=O)(=O)c3c(C)ccc4ncccc34)ccc2[nH]1. The number of nitrogens with one attached hydrogen (secondary N) is 3. The first-order valence-corrected chi connectivity index (χ1v) is 10.1. The van der Waals surface area contributed by atoms with Crippen LogP contribution in [-0.4, -0.2) is 31.3 Å². The zero-order valence-electron chi connectivity index (χ0n) is 15.3. The molecule has 4 rings (SSSR count). The van der Waals surface area contributed by atoms with Crippen molar-refractivity contribution in [1.29, 1.82) is 0 Å². The number of benzene rings is 2. The van der Waals surface area contributed by atoms with E-state index in [0.29, 0.717) is 27.8 Å². The van der Waals surface area contributed by atoms with Gasteiger partial charge in [0.05, 0.1) is 10.4 Å². The van der Waals surface area contributed by atoms with Crippen LogP contribution in [0.5, 0.6) is 0 Å². The summed E-state index contributed by atoms with van der Waals surface area (Å²) in [4.78, 5) is 19.2. The van der Waals surface area contributed by atoms with E-state index in [2.05, 4.69) is 20.0 Å². The number of nitrogens with zero attached hydrogens (tertiary/aromatic N) is 1. The van der Waals surface area contributed by atoms with E-state index in [0.717, 1.165) is 10.9 Å². The van der Waals surface area contributed by atoms with Gasteiger partial charge in [-0.2, -0.15) is 0 Å². The topological polar surface area (TPSA) is 104 Å². The van der Waals surface area contributed by atoms with E-state index in [1.165, 1.54) is 0 Å². The molecule has 28 heavy (non-hydrogen) atoms. The molecule has 2 aromatic carbocycles. The third-order valence-corrected chi connectivity index (χ3v) is 6.13. The fourth-order valence-corrected chi connectivity index (χ4v) is 4.74. The van der Waals surface area contributed by atoms with Crippen LogP contribution in [0.4, 0.5) is 5.69 Å². The molecule has 2 aromatic heterocycles. The van der Waals surface area contributed by atoms with Crippen LogP contribution >= 0.6 is 0 Å². The standard InChI is InChI=1S/C20H18N4O3S/c1-12-5-7-17-15(4-3-9-22-17)19(12)28(26,27)24-14-6-8-16-13(10-14)11-18(23-16)20(25)21-2/h3-11,23-24H,1-2H3,(H,21,25). The minimum atomic E-state index is -3.83. The van der Waals surface area contributed by atoms with Gasteiger partial charge in [-0.05, 0) is 55.0 Å². The summed E-state index contributed by atoms with van der Waals surface area (Å²) in [5, 5.41) is 3.85. The van der Waals surface area contributed by atoms with Crippen LogP contribution < -0.4 is 10.0 Å². The number of rotatable bonds is 4. The molecule has 0 fully saturated rings. The van der Waals surface area contributed by atoms with Crippen molar-refractivity contribution in [2.24, 2.45) is 0 Å². The van der Waals surface area contributed by atoms with Crippen molar-refractivity contribution >= 4 is 43.4 Å². The fraction of sp³-hybridized carbons (Fsp3) is 0.100. The molecule has 0 saturated carbocycles. The number of aryl methyl sites for hydroxylation is 1. The van der Waals surface area contributed by atoms with Gasteiger partial charge in [0.25, 0.3) is 15.9 Å². The highest BCUT2D eigenvalue weighted by molar-refractivity contribution is 7.93. The molecule has 7 nitrogen and oxygen atoms in total. The van der Waals surface area contributed by atoms with Gasteiger partial charge < -0.3 is 10.3 Å². The highest BCUT2D eigenvalue weighted by atomic mass is 32.2. The maximum Gasteiger partial charge on any atom is 0.267 e. The molecule has 0 aliphatic carbocycles. The summed E-state index contributed by atoms with van der Waals surface area (Å²) >= 11 is 0. The second-order valence-corrected chi connectivity index (χ2v) is 8.07. The summed E-state index contributed by atoms with van der Waals surface area (Å²) in [5.41, 5.74) is 2.82. The van der Waals surface area contributed by atoms with Gasteiger partial charge in [0.1, 0.15) is 5.69 Å². The summed E-state index contributed by atoms with van der Waals surface area (Å²) in [6.45, 7) is 1.76. The molecule has 3 N–H and O–H groups in total. The van der Waals surface area contributed by atoms with Crippen molar-refractivity contribution in [3.63, 3.8) is 0 Å². The van der Waals surface area contributed by atoms with Gasteiger partial charge in [-0.3, -0.25) is 14.5 Å². The minimum Gasteiger partial charge on any atom is -0.354 e. The Morgan fingerprint density at radius 3 is 2.71 bits per heavy atom. The third-order valence-electron chi connectivity index (χ3n) is 4.55. The first kappa shape index (κ1) is 18.0. The molecular formula is C20H18N4O3S. The third kappa shape index (κ3) is 3.07. The Bertz CT molecular complexity index is 1330. The number of pyridine rings is 1. The van der Waals surface area contributed by atoms with E-state index >= 15 is 0 Å². The zero-order chi connectivity index (χ0) is 19.9. The summed E-state index contributed by atoms with van der Waals surface area (Å²) in [7, 11) is -2.28. The molecule has 0 bridgehead atoms. The van der Waals surface area contributed by atoms with Crippen molar-refractivity contribution in [3.05, 3.63) is 66.0 Å². The van der Waals surface area contributed by atoms with Crippen LogP contribution in [0.1, 0.15) is 16.1 Å². The Labute approximate surface area is 161 Å². The van der Waals surface area contributed by atoms with Crippen molar-refractivity contribution in [1.82, 2.24) is 15.3 Å². The molecule has 0 aliphatic heterocycles. The summed E-state index contributed by atoms with van der Waals surface area (Å²) < 4.78 is 28.9. The van der Waals surface area contributed by atoms with Gasteiger partial charge in [0.15, 0.2) is 0 Å². The zero-order valence-corrected chi connectivity index (χ0v) is 16.1. The van der Waals surface area contributed by atoms with Crippen LogP contribution in [0.25, 0.3) is 21.8 Å². The number of fused-ring (bicyclic) bond motifs is 2. The van der Waals surface area contributed by atoms with Crippen molar-refractivity contribution in [2.75, 3.05) is 11.8 Å². The number of anilines is 1. The average Bonchev–Trinajstić information content (AvgIpc) is 3.10.